The Labute approximate surface area is 124 Å². The molecule has 0 spiro atoms. The zero-order valence-electron chi connectivity index (χ0n) is 12.2. The largest absolute Gasteiger partial charge is 0.324 e. The van der Waals surface area contributed by atoms with E-state index >= 15 is 0 Å². The Morgan fingerprint density at radius 3 is 2.90 bits per heavy atom. The van der Waals surface area contributed by atoms with Crippen LogP contribution in [0.4, 0.5) is 5.00 Å². The van der Waals surface area contributed by atoms with Crippen molar-refractivity contribution >= 4 is 16.3 Å². The van der Waals surface area contributed by atoms with Gasteiger partial charge in [-0.3, -0.25) is 15.0 Å². The summed E-state index contributed by atoms with van der Waals surface area (Å²) in [5, 5.41) is 14.4. The maximum atomic E-state index is 10.9. The molecular formula is C14H23N3O2S. The van der Waals surface area contributed by atoms with Crippen molar-refractivity contribution in [2.45, 2.75) is 32.2 Å². The third kappa shape index (κ3) is 3.37. The summed E-state index contributed by atoms with van der Waals surface area (Å²) in [6.07, 6.45) is 3.65. The summed E-state index contributed by atoms with van der Waals surface area (Å²) >= 11 is 1.34. The molecule has 1 aromatic rings. The highest BCUT2D eigenvalue weighted by Gasteiger charge is 2.31. The van der Waals surface area contributed by atoms with E-state index in [1.807, 2.05) is 13.1 Å². The molecule has 2 unspecified atom stereocenters. The molecule has 0 aliphatic carbocycles. The number of nitro groups is 1. The fraction of sp³-hybridized carbons (Fsp3) is 0.714. The molecule has 0 bridgehead atoms. The molecule has 1 fully saturated rings. The van der Waals surface area contributed by atoms with Crippen LogP contribution in [0.2, 0.25) is 0 Å². The van der Waals surface area contributed by atoms with Crippen molar-refractivity contribution < 1.29 is 4.92 Å². The highest BCUT2D eigenvalue weighted by Crippen LogP contribution is 2.39. The van der Waals surface area contributed by atoms with Crippen LogP contribution in [0.25, 0.3) is 0 Å². The van der Waals surface area contributed by atoms with E-state index < -0.39 is 0 Å². The van der Waals surface area contributed by atoms with Gasteiger partial charge in [0.2, 0.25) is 0 Å². The highest BCUT2D eigenvalue weighted by molar-refractivity contribution is 7.15. The molecule has 0 saturated carbocycles. The molecule has 0 aromatic carbocycles. The van der Waals surface area contributed by atoms with Crippen molar-refractivity contribution in [3.8, 4) is 0 Å². The summed E-state index contributed by atoms with van der Waals surface area (Å²) in [6, 6.07) is 3.91. The highest BCUT2D eigenvalue weighted by atomic mass is 32.1. The first-order valence-electron chi connectivity index (χ1n) is 7.30. The third-order valence-electron chi connectivity index (χ3n) is 4.07. The molecule has 2 atom stereocenters. The van der Waals surface area contributed by atoms with E-state index in [9.17, 15) is 10.1 Å². The van der Waals surface area contributed by atoms with E-state index in [-0.39, 0.29) is 9.92 Å². The Morgan fingerprint density at radius 2 is 2.30 bits per heavy atom. The maximum Gasteiger partial charge on any atom is 0.324 e. The van der Waals surface area contributed by atoms with E-state index in [0.717, 1.165) is 24.5 Å². The summed E-state index contributed by atoms with van der Waals surface area (Å²) in [5.41, 5.74) is 0. The molecule has 1 aliphatic rings. The Bertz CT molecular complexity index is 449. The molecule has 1 aliphatic heterocycles. The van der Waals surface area contributed by atoms with E-state index in [1.54, 1.807) is 6.07 Å². The monoisotopic (exact) mass is 297 g/mol. The molecule has 20 heavy (non-hydrogen) atoms. The van der Waals surface area contributed by atoms with Crippen LogP contribution in [0.3, 0.4) is 0 Å². The fourth-order valence-corrected chi connectivity index (χ4v) is 4.21. The quantitative estimate of drug-likeness (QED) is 0.670. The van der Waals surface area contributed by atoms with Gasteiger partial charge in [-0.25, -0.2) is 0 Å². The minimum absolute atomic E-state index is 0.253. The first-order chi connectivity index (χ1) is 9.67. The van der Waals surface area contributed by atoms with Crippen molar-refractivity contribution in [1.82, 2.24) is 10.2 Å². The molecule has 1 aromatic heterocycles. The molecule has 1 saturated heterocycles. The number of rotatable bonds is 5. The minimum atomic E-state index is -0.284. The van der Waals surface area contributed by atoms with Crippen LogP contribution in [-0.4, -0.2) is 36.5 Å². The van der Waals surface area contributed by atoms with Crippen LogP contribution in [0.5, 0.6) is 0 Å². The van der Waals surface area contributed by atoms with Gasteiger partial charge in [0.1, 0.15) is 0 Å². The van der Waals surface area contributed by atoms with Gasteiger partial charge in [-0.1, -0.05) is 24.7 Å². The van der Waals surface area contributed by atoms with Gasteiger partial charge in [-0.15, -0.1) is 0 Å². The van der Waals surface area contributed by atoms with Crippen molar-refractivity contribution in [3.05, 3.63) is 27.1 Å². The van der Waals surface area contributed by atoms with Gasteiger partial charge < -0.3 is 5.32 Å². The minimum Gasteiger partial charge on any atom is -0.319 e. The topological polar surface area (TPSA) is 58.4 Å². The SMILES string of the molecule is CCN1CCCCC(CNC)C1c1ccc([N+](=O)[O-])s1. The van der Waals surface area contributed by atoms with Crippen LogP contribution in [0, 0.1) is 16.0 Å². The molecule has 112 valence electrons. The first kappa shape index (κ1) is 15.4. The van der Waals surface area contributed by atoms with E-state index in [0.29, 0.717) is 12.0 Å². The van der Waals surface area contributed by atoms with E-state index in [4.69, 9.17) is 0 Å². The second kappa shape index (κ2) is 7.15. The first-order valence-corrected chi connectivity index (χ1v) is 8.11. The zero-order chi connectivity index (χ0) is 14.5. The van der Waals surface area contributed by atoms with E-state index in [1.165, 1.54) is 30.6 Å². The summed E-state index contributed by atoms with van der Waals surface area (Å²) in [5.74, 6) is 0.528. The summed E-state index contributed by atoms with van der Waals surface area (Å²) in [7, 11) is 1.98. The van der Waals surface area contributed by atoms with E-state index in [2.05, 4.69) is 17.1 Å². The van der Waals surface area contributed by atoms with Gasteiger partial charge in [0, 0.05) is 17.0 Å². The lowest BCUT2D eigenvalue weighted by atomic mass is 9.93. The van der Waals surface area contributed by atoms with Crippen LogP contribution >= 0.6 is 11.3 Å². The number of nitrogens with one attached hydrogen (secondary N) is 1. The molecule has 1 N–H and O–H groups in total. The second-order valence-corrected chi connectivity index (χ2v) is 6.41. The van der Waals surface area contributed by atoms with Crippen LogP contribution in [0.15, 0.2) is 12.1 Å². The second-order valence-electron chi connectivity index (χ2n) is 5.32. The number of thiophene rings is 1. The maximum absolute atomic E-state index is 10.9. The van der Waals surface area contributed by atoms with Gasteiger partial charge in [0.05, 0.1) is 4.92 Å². The smallest absolute Gasteiger partial charge is 0.319 e. The molecule has 6 heteroatoms. The molecular weight excluding hydrogens is 274 g/mol. The predicted molar refractivity (Wildman–Crippen MR) is 82.2 cm³/mol. The van der Waals surface area contributed by atoms with Crippen LogP contribution in [-0.2, 0) is 0 Å². The Morgan fingerprint density at radius 1 is 1.50 bits per heavy atom. The van der Waals surface area contributed by atoms with Crippen molar-refractivity contribution in [3.63, 3.8) is 0 Å². The van der Waals surface area contributed by atoms with Crippen molar-refractivity contribution in [2.24, 2.45) is 5.92 Å². The fourth-order valence-electron chi connectivity index (χ4n) is 3.16. The number of hydrogen-bond acceptors (Lipinski definition) is 5. The van der Waals surface area contributed by atoms with Crippen LogP contribution in [0.1, 0.15) is 37.1 Å². The van der Waals surface area contributed by atoms with Gasteiger partial charge in [-0.05, 0) is 51.5 Å². The number of likely N-dealkylation sites (tertiary alicyclic amines) is 1. The Hall–Kier alpha value is -0.980. The molecule has 0 amide bonds. The lowest BCUT2D eigenvalue weighted by molar-refractivity contribution is -0.380. The van der Waals surface area contributed by atoms with Crippen molar-refractivity contribution in [1.29, 1.82) is 0 Å². The lowest BCUT2D eigenvalue weighted by Gasteiger charge is -2.33. The standard InChI is InChI=1S/C14H23N3O2S/c1-3-16-9-5-4-6-11(10-15-2)14(16)12-7-8-13(20-12)17(18)19/h7-8,11,14-15H,3-6,9-10H2,1-2H3. The molecule has 2 heterocycles. The predicted octanol–water partition coefficient (Wildman–Crippen LogP) is 3.04. The zero-order valence-corrected chi connectivity index (χ0v) is 13.0. The van der Waals surface area contributed by atoms with Gasteiger partial charge in [0.15, 0.2) is 0 Å². The average molecular weight is 297 g/mol. The normalized spacial score (nSPS) is 24.5. The van der Waals surface area contributed by atoms with Gasteiger partial charge in [-0.2, -0.15) is 0 Å². The van der Waals surface area contributed by atoms with Crippen molar-refractivity contribution in [2.75, 3.05) is 26.7 Å². The Balaban J connectivity index is 2.29. The number of nitrogens with zero attached hydrogens (tertiary/aromatic N) is 2. The van der Waals surface area contributed by atoms with Gasteiger partial charge in [0.25, 0.3) is 0 Å². The third-order valence-corrected chi connectivity index (χ3v) is 5.17. The van der Waals surface area contributed by atoms with Gasteiger partial charge >= 0.3 is 5.00 Å². The summed E-state index contributed by atoms with van der Waals surface area (Å²) < 4.78 is 0. The molecule has 5 nitrogen and oxygen atoms in total. The summed E-state index contributed by atoms with van der Waals surface area (Å²) in [4.78, 5) is 14.2. The molecule has 0 radical (unpaired) electrons. The van der Waals surface area contributed by atoms with Crippen LogP contribution < -0.4 is 5.32 Å². The lowest BCUT2D eigenvalue weighted by Crippen LogP contribution is -2.35. The number of hydrogen-bond donors (Lipinski definition) is 1. The summed E-state index contributed by atoms with van der Waals surface area (Å²) in [6.45, 7) is 5.23. The Kier molecular flexibility index (Phi) is 5.51. The average Bonchev–Trinajstić information content (AvgIpc) is 2.82. The molecule has 2 rings (SSSR count).